The highest BCUT2D eigenvalue weighted by molar-refractivity contribution is 5.96. The van der Waals surface area contributed by atoms with Crippen molar-refractivity contribution in [3.63, 3.8) is 0 Å². The van der Waals surface area contributed by atoms with E-state index in [-0.39, 0.29) is 22.4 Å². The number of nitrogens with zero attached hydrogens (tertiary/aromatic N) is 3. The molecule has 0 fully saturated rings. The Morgan fingerprint density at radius 1 is 0.821 bits per heavy atom. The zero-order valence-electron chi connectivity index (χ0n) is 22.0. The van der Waals surface area contributed by atoms with Crippen LogP contribution in [-0.2, 0) is 6.18 Å². The summed E-state index contributed by atoms with van der Waals surface area (Å²) in [5, 5.41) is 4.65. The van der Waals surface area contributed by atoms with Gasteiger partial charge in [0.05, 0.1) is 28.9 Å². The second kappa shape index (κ2) is 11.3. The third-order valence-electron chi connectivity index (χ3n) is 6.69. The highest BCUT2D eigenvalue weighted by atomic mass is 19.4. The summed E-state index contributed by atoms with van der Waals surface area (Å²) in [4.78, 5) is 4.74. The van der Waals surface area contributed by atoms with Gasteiger partial charge in [0.15, 0.2) is 5.65 Å². The molecule has 0 spiro atoms. The van der Waals surface area contributed by atoms with Gasteiger partial charge in [-0.15, -0.1) is 0 Å². The van der Waals surface area contributed by atoms with Crippen molar-refractivity contribution in [1.29, 1.82) is 0 Å². The van der Waals surface area contributed by atoms with E-state index in [1.165, 1.54) is 11.1 Å². The number of hydrogen-bond donors (Lipinski definition) is 0. The predicted molar refractivity (Wildman–Crippen MR) is 149 cm³/mol. The van der Waals surface area contributed by atoms with E-state index in [0.29, 0.717) is 29.2 Å². The fourth-order valence-electron chi connectivity index (χ4n) is 4.59. The molecular weight excluding hydrogens is 499 g/mol. The van der Waals surface area contributed by atoms with Crippen LogP contribution in [0.1, 0.15) is 43.7 Å². The molecule has 39 heavy (non-hydrogen) atoms. The van der Waals surface area contributed by atoms with Crippen molar-refractivity contribution in [2.24, 2.45) is 0 Å². The summed E-state index contributed by atoms with van der Waals surface area (Å²) in [6.07, 6.45) is -0.208. The first-order valence-electron chi connectivity index (χ1n) is 13.2. The van der Waals surface area contributed by atoms with E-state index in [2.05, 4.69) is 12.0 Å². The van der Waals surface area contributed by atoms with Gasteiger partial charge in [-0.3, -0.25) is 0 Å². The molecule has 0 aliphatic heterocycles. The standard InChI is InChI=1S/C32H30F3N3O/c1-3-4-5-9-20-39-26-18-16-23(17-19-26)28-21-27(32(33,34)35)29-30(24-14-12-22(2)13-15-24)37-38(31(29)36-28)25-10-7-6-8-11-25/h6-8,10-19,21H,3-5,9,20H2,1-2H3. The smallest absolute Gasteiger partial charge is 0.417 e. The van der Waals surface area contributed by atoms with Crippen LogP contribution in [0.2, 0.25) is 0 Å². The molecule has 5 aromatic rings. The molecule has 7 heteroatoms. The Labute approximate surface area is 226 Å². The summed E-state index contributed by atoms with van der Waals surface area (Å²) in [5.74, 6) is 0.684. The fraction of sp³-hybridized carbons (Fsp3) is 0.250. The molecular formula is C32H30F3N3O. The third kappa shape index (κ3) is 5.82. The molecule has 0 amide bonds. The van der Waals surface area contributed by atoms with E-state index in [4.69, 9.17) is 9.72 Å². The normalized spacial score (nSPS) is 11.7. The lowest BCUT2D eigenvalue weighted by atomic mass is 10.0. The summed E-state index contributed by atoms with van der Waals surface area (Å²) in [5.41, 5.74) is 2.65. The number of benzene rings is 3. The molecule has 0 saturated heterocycles. The van der Waals surface area contributed by atoms with E-state index >= 15 is 0 Å². The zero-order chi connectivity index (χ0) is 27.4. The average molecular weight is 530 g/mol. The molecule has 2 aromatic heterocycles. The number of aromatic nitrogens is 3. The van der Waals surface area contributed by atoms with Crippen molar-refractivity contribution in [1.82, 2.24) is 14.8 Å². The van der Waals surface area contributed by atoms with Gasteiger partial charge in [0.2, 0.25) is 0 Å². The maximum Gasteiger partial charge on any atom is 0.417 e. The molecule has 0 unspecified atom stereocenters. The van der Waals surface area contributed by atoms with Crippen LogP contribution in [0.15, 0.2) is 84.9 Å². The molecule has 2 heterocycles. The molecule has 0 bridgehead atoms. The Balaban J connectivity index is 1.63. The number of rotatable bonds is 9. The molecule has 0 radical (unpaired) electrons. The minimum absolute atomic E-state index is 0.0222. The predicted octanol–water partition coefficient (Wildman–Crippen LogP) is 9.04. The van der Waals surface area contributed by atoms with Crippen LogP contribution in [-0.4, -0.2) is 21.4 Å². The molecule has 0 aliphatic carbocycles. The van der Waals surface area contributed by atoms with Crippen LogP contribution in [0.3, 0.4) is 0 Å². The van der Waals surface area contributed by atoms with E-state index in [9.17, 15) is 13.2 Å². The largest absolute Gasteiger partial charge is 0.494 e. The van der Waals surface area contributed by atoms with Gasteiger partial charge in [0.1, 0.15) is 11.4 Å². The Morgan fingerprint density at radius 2 is 1.51 bits per heavy atom. The quantitative estimate of drug-likeness (QED) is 0.179. The van der Waals surface area contributed by atoms with Gasteiger partial charge < -0.3 is 4.74 Å². The second-order valence-electron chi connectivity index (χ2n) is 9.65. The summed E-state index contributed by atoms with van der Waals surface area (Å²) in [7, 11) is 0. The number of fused-ring (bicyclic) bond motifs is 1. The lowest BCUT2D eigenvalue weighted by molar-refractivity contribution is -0.136. The first-order valence-corrected chi connectivity index (χ1v) is 13.2. The van der Waals surface area contributed by atoms with E-state index < -0.39 is 11.7 Å². The van der Waals surface area contributed by atoms with Crippen LogP contribution in [0.5, 0.6) is 5.75 Å². The molecule has 3 aromatic carbocycles. The van der Waals surface area contributed by atoms with Crippen LogP contribution < -0.4 is 4.74 Å². The van der Waals surface area contributed by atoms with E-state index in [0.717, 1.165) is 30.9 Å². The van der Waals surface area contributed by atoms with Gasteiger partial charge in [-0.2, -0.15) is 18.3 Å². The molecule has 0 N–H and O–H groups in total. The number of aryl methyl sites for hydroxylation is 1. The Morgan fingerprint density at radius 3 is 2.18 bits per heavy atom. The van der Waals surface area contributed by atoms with E-state index in [1.807, 2.05) is 37.3 Å². The fourth-order valence-corrected chi connectivity index (χ4v) is 4.59. The Bertz CT molecular complexity index is 1540. The number of halogens is 3. The van der Waals surface area contributed by atoms with Crippen LogP contribution in [0, 0.1) is 6.92 Å². The first-order chi connectivity index (χ1) is 18.8. The number of ether oxygens (including phenoxy) is 1. The Hall–Kier alpha value is -4.13. The summed E-state index contributed by atoms with van der Waals surface area (Å²) < 4.78 is 51.1. The van der Waals surface area contributed by atoms with Crippen molar-refractivity contribution < 1.29 is 17.9 Å². The highest BCUT2D eigenvalue weighted by Gasteiger charge is 2.36. The zero-order valence-corrected chi connectivity index (χ0v) is 22.0. The number of para-hydroxylation sites is 1. The number of unbranched alkanes of at least 4 members (excludes halogenated alkanes) is 3. The Kier molecular flexibility index (Phi) is 7.68. The van der Waals surface area contributed by atoms with Crippen LogP contribution in [0.25, 0.3) is 39.2 Å². The number of pyridine rings is 1. The number of alkyl halides is 3. The minimum atomic E-state index is -4.61. The van der Waals surface area contributed by atoms with Crippen molar-refractivity contribution >= 4 is 11.0 Å². The molecule has 0 aliphatic rings. The molecule has 4 nitrogen and oxygen atoms in total. The van der Waals surface area contributed by atoms with Crippen molar-refractivity contribution in [3.05, 3.63) is 96.1 Å². The molecule has 5 rings (SSSR count). The highest BCUT2D eigenvalue weighted by Crippen LogP contribution is 2.41. The van der Waals surface area contributed by atoms with Gasteiger partial charge in [-0.05, 0) is 55.8 Å². The van der Waals surface area contributed by atoms with E-state index in [1.54, 1.807) is 48.5 Å². The summed E-state index contributed by atoms with van der Waals surface area (Å²) in [6.45, 7) is 4.70. The van der Waals surface area contributed by atoms with Crippen LogP contribution in [0.4, 0.5) is 13.2 Å². The monoisotopic (exact) mass is 529 g/mol. The lowest BCUT2D eigenvalue weighted by Crippen LogP contribution is -2.08. The minimum Gasteiger partial charge on any atom is -0.494 e. The van der Waals surface area contributed by atoms with Gasteiger partial charge in [-0.1, -0.05) is 74.2 Å². The van der Waals surface area contributed by atoms with Crippen molar-refractivity contribution in [2.45, 2.75) is 45.7 Å². The molecule has 200 valence electrons. The van der Waals surface area contributed by atoms with Gasteiger partial charge in [0, 0.05) is 11.1 Å². The molecule has 0 saturated carbocycles. The third-order valence-corrected chi connectivity index (χ3v) is 6.69. The maximum absolute atomic E-state index is 14.6. The lowest BCUT2D eigenvalue weighted by Gasteiger charge is -2.13. The van der Waals surface area contributed by atoms with Gasteiger partial charge >= 0.3 is 6.18 Å². The summed E-state index contributed by atoms with van der Waals surface area (Å²) >= 11 is 0. The van der Waals surface area contributed by atoms with Gasteiger partial charge in [-0.25, -0.2) is 9.67 Å². The SMILES string of the molecule is CCCCCCOc1ccc(-c2cc(C(F)(F)F)c3c(-c4ccc(C)cc4)nn(-c4ccccc4)c3n2)cc1. The van der Waals surface area contributed by atoms with Crippen molar-refractivity contribution in [3.8, 4) is 34.0 Å². The maximum atomic E-state index is 14.6. The van der Waals surface area contributed by atoms with Crippen molar-refractivity contribution in [2.75, 3.05) is 6.61 Å². The second-order valence-corrected chi connectivity index (χ2v) is 9.65. The number of hydrogen-bond acceptors (Lipinski definition) is 3. The first kappa shape index (κ1) is 26.5. The topological polar surface area (TPSA) is 39.9 Å². The summed E-state index contributed by atoms with van der Waals surface area (Å²) in [6, 6.07) is 24.6. The van der Waals surface area contributed by atoms with Crippen LogP contribution >= 0.6 is 0 Å². The molecule has 0 atom stereocenters. The van der Waals surface area contributed by atoms with Gasteiger partial charge in [0.25, 0.3) is 0 Å². The average Bonchev–Trinajstić information content (AvgIpc) is 3.33.